The van der Waals surface area contributed by atoms with Gasteiger partial charge in [-0.2, -0.15) is 0 Å². The molecule has 0 aromatic heterocycles. The van der Waals surface area contributed by atoms with Crippen molar-refractivity contribution in [2.75, 3.05) is 0 Å². The first-order valence-electron chi connectivity index (χ1n) is 8.66. The average Bonchev–Trinajstić information content (AvgIpc) is 3.07. The average molecular weight is 244 g/mol. The smallest absolute Gasteiger partial charge is 0.0287 e. The van der Waals surface area contributed by atoms with Gasteiger partial charge in [-0.25, -0.2) is 0 Å². The van der Waals surface area contributed by atoms with Crippen molar-refractivity contribution in [2.45, 2.75) is 58.8 Å². The van der Waals surface area contributed by atoms with Crippen LogP contribution in [-0.2, 0) is 0 Å². The molecule has 0 radical (unpaired) electrons. The Morgan fingerprint density at radius 2 is 1.06 bits per heavy atom. The Labute approximate surface area is 112 Å². The molecule has 0 N–H and O–H groups in total. The van der Waals surface area contributed by atoms with E-state index in [2.05, 4.69) is 13.8 Å². The second-order valence-corrected chi connectivity index (χ2v) is 9.10. The molecule has 0 heterocycles. The van der Waals surface area contributed by atoms with Gasteiger partial charge in [0.2, 0.25) is 0 Å². The highest BCUT2D eigenvalue weighted by Gasteiger charge is 2.64. The summed E-state index contributed by atoms with van der Waals surface area (Å²) in [4.78, 5) is 0. The largest absolute Gasteiger partial charge is 0.0593 e. The summed E-state index contributed by atoms with van der Waals surface area (Å²) < 4.78 is 0. The van der Waals surface area contributed by atoms with Crippen molar-refractivity contribution in [1.82, 2.24) is 0 Å². The fraction of sp³-hybridized carbons (Fsp3) is 1.00. The van der Waals surface area contributed by atoms with E-state index in [1.807, 2.05) is 0 Å². The molecule has 0 nitrogen and oxygen atoms in total. The van der Waals surface area contributed by atoms with Gasteiger partial charge >= 0.3 is 0 Å². The quantitative estimate of drug-likeness (QED) is 0.577. The molecule has 100 valence electrons. The molecular weight excluding hydrogens is 216 g/mol. The zero-order chi connectivity index (χ0) is 12.1. The maximum Gasteiger partial charge on any atom is -0.0287 e. The van der Waals surface area contributed by atoms with Crippen molar-refractivity contribution in [3.8, 4) is 0 Å². The lowest BCUT2D eigenvalue weighted by atomic mass is 9.49. The maximum atomic E-state index is 2.68. The van der Waals surface area contributed by atoms with E-state index in [-0.39, 0.29) is 0 Å². The van der Waals surface area contributed by atoms with Gasteiger partial charge in [-0.15, -0.1) is 0 Å². The van der Waals surface area contributed by atoms with Crippen molar-refractivity contribution in [1.29, 1.82) is 0 Å². The molecule has 5 aliphatic rings. The molecule has 4 bridgehead atoms. The van der Waals surface area contributed by atoms with Gasteiger partial charge in [-0.3, -0.25) is 0 Å². The van der Waals surface area contributed by atoms with E-state index in [4.69, 9.17) is 0 Å². The first-order valence-corrected chi connectivity index (χ1v) is 8.66. The number of hydrogen-bond donors (Lipinski definition) is 0. The summed E-state index contributed by atoms with van der Waals surface area (Å²) >= 11 is 0. The van der Waals surface area contributed by atoms with Crippen LogP contribution in [0.1, 0.15) is 58.8 Å². The molecule has 8 atom stereocenters. The Balaban J connectivity index is 1.58. The molecule has 5 saturated carbocycles. The van der Waals surface area contributed by atoms with E-state index in [1.165, 1.54) is 0 Å². The number of rotatable bonds is 0. The SMILES string of the molecule is CC1(C)C2C3CCC(C3)C2CC2C3CCC(C3)C21. The molecular formula is C18H28. The first kappa shape index (κ1) is 10.7. The van der Waals surface area contributed by atoms with Crippen molar-refractivity contribution >= 4 is 0 Å². The third-order valence-corrected chi connectivity index (χ3v) is 8.44. The minimum Gasteiger partial charge on any atom is -0.0593 e. The molecule has 0 aromatic rings. The Morgan fingerprint density at radius 3 is 1.56 bits per heavy atom. The van der Waals surface area contributed by atoms with Gasteiger partial charge in [0.1, 0.15) is 0 Å². The van der Waals surface area contributed by atoms with Gasteiger partial charge in [0, 0.05) is 0 Å². The van der Waals surface area contributed by atoms with Gasteiger partial charge in [-0.1, -0.05) is 13.8 Å². The van der Waals surface area contributed by atoms with Crippen molar-refractivity contribution < 1.29 is 0 Å². The van der Waals surface area contributed by atoms with E-state index in [1.54, 1.807) is 44.9 Å². The molecule has 0 aliphatic heterocycles. The van der Waals surface area contributed by atoms with Crippen LogP contribution in [0.3, 0.4) is 0 Å². The van der Waals surface area contributed by atoms with Crippen molar-refractivity contribution in [2.24, 2.45) is 52.8 Å². The molecule has 0 spiro atoms. The van der Waals surface area contributed by atoms with Crippen LogP contribution in [0, 0.1) is 52.8 Å². The summed E-state index contributed by atoms with van der Waals surface area (Å²) in [5, 5.41) is 0. The van der Waals surface area contributed by atoms with Crippen molar-refractivity contribution in [3.63, 3.8) is 0 Å². The Morgan fingerprint density at radius 1 is 0.611 bits per heavy atom. The molecule has 5 aliphatic carbocycles. The summed E-state index contributed by atoms with van der Waals surface area (Å²) in [5.74, 6) is 9.12. The number of hydrogen-bond acceptors (Lipinski definition) is 0. The van der Waals surface area contributed by atoms with Crippen LogP contribution in [0.25, 0.3) is 0 Å². The highest BCUT2D eigenvalue weighted by Crippen LogP contribution is 2.71. The molecule has 0 saturated heterocycles. The van der Waals surface area contributed by atoms with E-state index in [9.17, 15) is 0 Å². The molecule has 0 amide bonds. The van der Waals surface area contributed by atoms with Crippen LogP contribution < -0.4 is 0 Å². The Bertz CT molecular complexity index is 347. The third kappa shape index (κ3) is 1.07. The fourth-order valence-electron chi connectivity index (χ4n) is 8.35. The lowest BCUT2D eigenvalue weighted by Gasteiger charge is -2.56. The van der Waals surface area contributed by atoms with Crippen LogP contribution in [0.5, 0.6) is 0 Å². The molecule has 5 fully saturated rings. The highest BCUT2D eigenvalue weighted by atomic mass is 14.7. The summed E-state index contributed by atoms with van der Waals surface area (Å²) in [6.45, 7) is 5.37. The molecule has 8 unspecified atom stereocenters. The summed E-state index contributed by atoms with van der Waals surface area (Å²) in [5.41, 5.74) is 0.688. The fourth-order valence-corrected chi connectivity index (χ4v) is 8.35. The maximum absolute atomic E-state index is 2.68. The zero-order valence-electron chi connectivity index (χ0n) is 12.1. The number of fused-ring (bicyclic) bond motifs is 10. The molecule has 0 heteroatoms. The van der Waals surface area contributed by atoms with Crippen molar-refractivity contribution in [3.05, 3.63) is 0 Å². The molecule has 5 rings (SSSR count). The normalized spacial score (nSPS) is 63.0. The van der Waals surface area contributed by atoms with E-state index < -0.39 is 0 Å². The van der Waals surface area contributed by atoms with Crippen LogP contribution in [-0.4, -0.2) is 0 Å². The minimum absolute atomic E-state index is 0.688. The van der Waals surface area contributed by atoms with E-state index in [0.29, 0.717) is 5.41 Å². The zero-order valence-corrected chi connectivity index (χ0v) is 12.1. The monoisotopic (exact) mass is 244 g/mol. The van der Waals surface area contributed by atoms with Gasteiger partial charge in [0.25, 0.3) is 0 Å². The van der Waals surface area contributed by atoms with Gasteiger partial charge < -0.3 is 0 Å². The van der Waals surface area contributed by atoms with Crippen LogP contribution >= 0.6 is 0 Å². The summed E-state index contributed by atoms with van der Waals surface area (Å²) in [6, 6.07) is 0. The third-order valence-electron chi connectivity index (χ3n) is 8.44. The van der Waals surface area contributed by atoms with Gasteiger partial charge in [0.15, 0.2) is 0 Å². The van der Waals surface area contributed by atoms with Gasteiger partial charge in [-0.05, 0) is 97.7 Å². The van der Waals surface area contributed by atoms with E-state index in [0.717, 1.165) is 47.3 Å². The standard InChI is InChI=1S/C18H28/c1-18(2)16-12-5-3-10(7-12)14(16)9-15-11-4-6-13(8-11)17(15)18/h10-17H,3-9H2,1-2H3. The van der Waals surface area contributed by atoms with Gasteiger partial charge in [0.05, 0.1) is 0 Å². The summed E-state index contributed by atoms with van der Waals surface area (Å²) in [7, 11) is 0. The molecule has 0 aromatic carbocycles. The lowest BCUT2D eigenvalue weighted by molar-refractivity contribution is -0.0783. The molecule has 18 heavy (non-hydrogen) atoms. The Hall–Kier alpha value is 0. The predicted octanol–water partition coefficient (Wildman–Crippen LogP) is 4.74. The highest BCUT2D eigenvalue weighted by molar-refractivity contribution is 5.13. The second-order valence-electron chi connectivity index (χ2n) is 9.10. The summed E-state index contributed by atoms with van der Waals surface area (Å²) in [6.07, 6.45) is 11.2. The van der Waals surface area contributed by atoms with E-state index >= 15 is 0 Å². The minimum atomic E-state index is 0.688. The first-order chi connectivity index (χ1) is 8.66. The second kappa shape index (κ2) is 3.18. The lowest BCUT2D eigenvalue weighted by Crippen LogP contribution is -2.50. The topological polar surface area (TPSA) is 0 Å². The predicted molar refractivity (Wildman–Crippen MR) is 74.0 cm³/mol. The van der Waals surface area contributed by atoms with Crippen LogP contribution in [0.4, 0.5) is 0 Å². The Kier molecular flexibility index (Phi) is 1.90. The van der Waals surface area contributed by atoms with Crippen LogP contribution in [0.15, 0.2) is 0 Å². The van der Waals surface area contributed by atoms with Crippen LogP contribution in [0.2, 0.25) is 0 Å².